The molecule has 0 spiro atoms. The first-order chi connectivity index (χ1) is 13.0. The van der Waals surface area contributed by atoms with Crippen LogP contribution in [0.15, 0.2) is 24.3 Å². The Morgan fingerprint density at radius 2 is 1.86 bits per heavy atom. The maximum absolute atomic E-state index is 11.9. The Labute approximate surface area is 158 Å². The molecule has 0 aromatic heterocycles. The summed E-state index contributed by atoms with van der Waals surface area (Å²) in [5.41, 5.74) is 0.314. The van der Waals surface area contributed by atoms with Gasteiger partial charge in [-0.2, -0.15) is 8.42 Å². The molecule has 5 atom stereocenters. The number of benzene rings is 1. The zero-order valence-electron chi connectivity index (χ0n) is 14.0. The lowest BCUT2D eigenvalue weighted by Gasteiger charge is -2.40. The number of aliphatic hydroxyl groups is 3. The average molecular weight is 422 g/mol. The number of hydrogen-bond acceptors (Lipinski definition) is 11. The first-order valence-electron chi connectivity index (χ1n) is 7.70. The van der Waals surface area contributed by atoms with E-state index >= 15 is 0 Å². The van der Waals surface area contributed by atoms with Gasteiger partial charge in [-0.3, -0.25) is 4.55 Å². The topological polar surface area (TPSA) is 200 Å². The van der Waals surface area contributed by atoms with Crippen molar-refractivity contribution >= 4 is 22.4 Å². The van der Waals surface area contributed by atoms with E-state index in [9.17, 15) is 38.7 Å². The van der Waals surface area contributed by atoms with Crippen LogP contribution in [0.3, 0.4) is 0 Å². The van der Waals surface area contributed by atoms with E-state index in [1.807, 2.05) is 0 Å². The number of carbonyl (C=O) groups excluding carboxylic acids is 1. The molecule has 6 N–H and O–H groups in total. The van der Waals surface area contributed by atoms with Gasteiger partial charge in [-0.15, -0.1) is 0 Å². The standard InChI is InChI=1S/C15H18O12S/c16-6-10-12(20)14(27-28(22,23)24)13(21)15(25-10)26-11(19)4-2-7-1-3-8(17)9(18)5-7/h1-5,10,12-18,20-21H,6H2,(H,22,23,24). The van der Waals surface area contributed by atoms with Gasteiger partial charge in [0.15, 0.2) is 11.5 Å². The Balaban J connectivity index is 2.10. The maximum Gasteiger partial charge on any atom is 0.397 e. The molecule has 1 aliphatic rings. The lowest BCUT2D eigenvalue weighted by Crippen LogP contribution is -2.60. The van der Waals surface area contributed by atoms with Crippen molar-refractivity contribution < 1.29 is 57.0 Å². The van der Waals surface area contributed by atoms with Crippen molar-refractivity contribution in [3.8, 4) is 11.5 Å². The first-order valence-corrected chi connectivity index (χ1v) is 9.07. The average Bonchev–Trinajstić information content (AvgIpc) is 2.61. The van der Waals surface area contributed by atoms with Crippen LogP contribution < -0.4 is 0 Å². The van der Waals surface area contributed by atoms with Crippen LogP contribution in [-0.4, -0.2) is 81.8 Å². The van der Waals surface area contributed by atoms with Gasteiger partial charge in [-0.25, -0.2) is 8.98 Å². The van der Waals surface area contributed by atoms with Crippen LogP contribution in [-0.2, 0) is 28.9 Å². The highest BCUT2D eigenvalue weighted by Gasteiger charge is 2.48. The fraction of sp³-hybridized carbons (Fsp3) is 0.400. The number of phenolic OH excluding ortho intramolecular Hbond substituents is 2. The van der Waals surface area contributed by atoms with Crippen LogP contribution in [0.5, 0.6) is 11.5 Å². The molecule has 1 aliphatic heterocycles. The van der Waals surface area contributed by atoms with Crippen molar-refractivity contribution in [3.63, 3.8) is 0 Å². The summed E-state index contributed by atoms with van der Waals surface area (Å²) in [5, 5.41) is 47.7. The predicted molar refractivity (Wildman–Crippen MR) is 89.1 cm³/mol. The van der Waals surface area contributed by atoms with E-state index in [-0.39, 0.29) is 5.75 Å². The third-order valence-corrected chi connectivity index (χ3v) is 4.16. The Morgan fingerprint density at radius 3 is 2.43 bits per heavy atom. The van der Waals surface area contributed by atoms with Crippen LogP contribution in [0.2, 0.25) is 0 Å². The third-order valence-electron chi connectivity index (χ3n) is 3.70. The lowest BCUT2D eigenvalue weighted by molar-refractivity contribution is -0.287. The minimum Gasteiger partial charge on any atom is -0.504 e. The number of ether oxygens (including phenoxy) is 2. The van der Waals surface area contributed by atoms with Gasteiger partial charge in [0, 0.05) is 6.08 Å². The Hall–Kier alpha value is -2.26. The van der Waals surface area contributed by atoms with Crippen molar-refractivity contribution in [2.45, 2.75) is 30.7 Å². The summed E-state index contributed by atoms with van der Waals surface area (Å²) in [6.07, 6.45) is -7.09. The van der Waals surface area contributed by atoms with Crippen LogP contribution in [0.1, 0.15) is 5.56 Å². The molecule has 12 nitrogen and oxygen atoms in total. The molecule has 0 saturated carbocycles. The van der Waals surface area contributed by atoms with Crippen LogP contribution >= 0.6 is 0 Å². The summed E-state index contributed by atoms with van der Waals surface area (Å²) in [6, 6.07) is 3.71. The van der Waals surface area contributed by atoms with Gasteiger partial charge in [0.25, 0.3) is 0 Å². The highest BCUT2D eigenvalue weighted by Crippen LogP contribution is 2.27. The molecule has 1 fully saturated rings. The molecule has 1 aromatic carbocycles. The summed E-state index contributed by atoms with van der Waals surface area (Å²) >= 11 is 0. The molecule has 28 heavy (non-hydrogen) atoms. The zero-order chi connectivity index (χ0) is 21.1. The molecule has 0 bridgehead atoms. The number of carbonyl (C=O) groups is 1. The van der Waals surface area contributed by atoms with Crippen LogP contribution in [0.25, 0.3) is 6.08 Å². The predicted octanol–water partition coefficient (Wildman–Crippen LogP) is -1.72. The minimum atomic E-state index is -5.08. The second kappa shape index (κ2) is 8.83. The fourth-order valence-corrected chi connectivity index (χ4v) is 2.88. The van der Waals surface area contributed by atoms with Gasteiger partial charge >= 0.3 is 16.4 Å². The quantitative estimate of drug-likeness (QED) is 0.131. The van der Waals surface area contributed by atoms with E-state index in [0.717, 1.165) is 12.1 Å². The van der Waals surface area contributed by atoms with E-state index in [4.69, 9.17) is 14.0 Å². The summed E-state index contributed by atoms with van der Waals surface area (Å²) < 4.78 is 44.5. The van der Waals surface area contributed by atoms with E-state index in [1.54, 1.807) is 0 Å². The monoisotopic (exact) mass is 422 g/mol. The van der Waals surface area contributed by atoms with E-state index in [1.165, 1.54) is 18.2 Å². The normalized spacial score (nSPS) is 28.4. The largest absolute Gasteiger partial charge is 0.504 e. The molecule has 0 radical (unpaired) electrons. The number of rotatable bonds is 6. The van der Waals surface area contributed by atoms with Gasteiger partial charge in [-0.1, -0.05) is 6.07 Å². The SMILES string of the molecule is O=C(C=Cc1ccc(O)c(O)c1)OC1OC(CO)C(O)C(OS(=O)(=O)O)C1O. The van der Waals surface area contributed by atoms with Crippen molar-refractivity contribution in [3.05, 3.63) is 29.8 Å². The second-order valence-corrected chi connectivity index (χ2v) is 6.76. The number of aliphatic hydroxyl groups excluding tert-OH is 3. The van der Waals surface area contributed by atoms with Crippen molar-refractivity contribution in [2.75, 3.05) is 6.61 Å². The van der Waals surface area contributed by atoms with Crippen molar-refractivity contribution in [1.82, 2.24) is 0 Å². The number of aromatic hydroxyl groups is 2. The molecule has 156 valence electrons. The zero-order valence-corrected chi connectivity index (χ0v) is 14.8. The first kappa shape index (κ1) is 22.0. The van der Waals surface area contributed by atoms with Gasteiger partial charge in [0.2, 0.25) is 6.29 Å². The molecule has 1 heterocycles. The molecule has 2 rings (SSSR count). The van der Waals surface area contributed by atoms with Crippen LogP contribution in [0.4, 0.5) is 0 Å². The Morgan fingerprint density at radius 1 is 1.18 bits per heavy atom. The highest BCUT2D eigenvalue weighted by atomic mass is 32.3. The summed E-state index contributed by atoms with van der Waals surface area (Å²) in [6.45, 7) is -0.837. The van der Waals surface area contributed by atoms with E-state index in [0.29, 0.717) is 5.56 Å². The molecular weight excluding hydrogens is 404 g/mol. The molecule has 1 aromatic rings. The molecule has 0 aliphatic carbocycles. The molecule has 13 heteroatoms. The molecule has 0 amide bonds. The van der Waals surface area contributed by atoms with E-state index < -0.39 is 59.4 Å². The Bertz CT molecular complexity index is 835. The molecule has 5 unspecified atom stereocenters. The summed E-state index contributed by atoms with van der Waals surface area (Å²) in [7, 11) is -5.08. The molecular formula is C15H18O12S. The third kappa shape index (κ3) is 5.62. The lowest BCUT2D eigenvalue weighted by atomic mass is 9.99. The minimum absolute atomic E-state index is 0.314. The number of phenols is 2. The molecule has 1 saturated heterocycles. The van der Waals surface area contributed by atoms with Crippen molar-refractivity contribution in [1.29, 1.82) is 0 Å². The summed E-state index contributed by atoms with van der Waals surface area (Å²) in [4.78, 5) is 11.9. The van der Waals surface area contributed by atoms with Gasteiger partial charge in [-0.05, 0) is 23.8 Å². The number of esters is 1. The van der Waals surface area contributed by atoms with Crippen LogP contribution in [0, 0.1) is 0 Å². The highest BCUT2D eigenvalue weighted by molar-refractivity contribution is 7.80. The van der Waals surface area contributed by atoms with Gasteiger partial charge in [0.05, 0.1) is 6.61 Å². The van der Waals surface area contributed by atoms with Gasteiger partial charge in [0.1, 0.15) is 24.4 Å². The van der Waals surface area contributed by atoms with Gasteiger partial charge < -0.3 is 35.0 Å². The number of hydrogen-bond donors (Lipinski definition) is 6. The van der Waals surface area contributed by atoms with Crippen molar-refractivity contribution in [2.24, 2.45) is 0 Å². The van der Waals surface area contributed by atoms with E-state index in [2.05, 4.69) is 4.18 Å². The summed E-state index contributed by atoms with van der Waals surface area (Å²) in [5.74, 6) is -1.86. The fourth-order valence-electron chi connectivity index (χ4n) is 2.37. The maximum atomic E-state index is 11.9. The second-order valence-electron chi connectivity index (χ2n) is 5.71. The smallest absolute Gasteiger partial charge is 0.397 e. The Kier molecular flexibility index (Phi) is 6.95.